The van der Waals surface area contributed by atoms with Gasteiger partial charge in [-0.2, -0.15) is 0 Å². The van der Waals surface area contributed by atoms with Gasteiger partial charge in [0.15, 0.2) is 0 Å². The maximum absolute atomic E-state index is 11.9. The van der Waals surface area contributed by atoms with E-state index in [4.69, 9.17) is 9.47 Å². The summed E-state index contributed by atoms with van der Waals surface area (Å²) in [7, 11) is 0. The van der Waals surface area contributed by atoms with Crippen LogP contribution in [-0.2, 0) is 16.0 Å². The minimum absolute atomic E-state index is 0.0440. The second kappa shape index (κ2) is 8.55. The minimum atomic E-state index is -0.337. The third kappa shape index (κ3) is 5.52. The normalized spacial score (nSPS) is 15.8. The van der Waals surface area contributed by atoms with Crippen molar-refractivity contribution in [3.05, 3.63) is 29.3 Å². The molecule has 0 spiro atoms. The van der Waals surface area contributed by atoms with Crippen molar-refractivity contribution in [3.63, 3.8) is 0 Å². The fourth-order valence-corrected chi connectivity index (χ4v) is 2.63. The van der Waals surface area contributed by atoms with E-state index in [1.54, 1.807) is 6.08 Å². The summed E-state index contributed by atoms with van der Waals surface area (Å²) < 4.78 is 11.4. The van der Waals surface area contributed by atoms with Crippen molar-refractivity contribution in [3.8, 4) is 11.5 Å². The average molecular weight is 346 g/mol. The number of amides is 2. The van der Waals surface area contributed by atoms with E-state index in [-0.39, 0.29) is 30.5 Å². The molecule has 1 aliphatic heterocycles. The smallest absolute Gasteiger partial charge is 0.244 e. The Kier molecular flexibility index (Phi) is 6.44. The summed E-state index contributed by atoms with van der Waals surface area (Å²) in [5, 5.41) is 5.27. The van der Waals surface area contributed by atoms with E-state index in [2.05, 4.69) is 10.6 Å². The highest BCUT2D eigenvalue weighted by Gasteiger charge is 2.21. The van der Waals surface area contributed by atoms with E-state index in [9.17, 15) is 9.59 Å². The molecule has 136 valence electrons. The summed E-state index contributed by atoms with van der Waals surface area (Å²) in [5.41, 5.74) is 1.89. The van der Waals surface area contributed by atoms with Crippen molar-refractivity contribution in [2.45, 2.75) is 46.3 Å². The van der Waals surface area contributed by atoms with Crippen LogP contribution >= 0.6 is 0 Å². The minimum Gasteiger partial charge on any atom is -0.493 e. The Morgan fingerprint density at radius 2 is 2.16 bits per heavy atom. The summed E-state index contributed by atoms with van der Waals surface area (Å²) in [6.07, 6.45) is 4.06. The molecule has 6 nitrogen and oxygen atoms in total. The fraction of sp³-hybridized carbons (Fsp3) is 0.474. The van der Waals surface area contributed by atoms with Crippen LogP contribution in [0.5, 0.6) is 11.5 Å². The van der Waals surface area contributed by atoms with E-state index in [0.29, 0.717) is 6.61 Å². The molecule has 0 radical (unpaired) electrons. The zero-order valence-corrected chi connectivity index (χ0v) is 15.2. The van der Waals surface area contributed by atoms with Crippen molar-refractivity contribution >= 4 is 17.9 Å². The molecule has 6 heteroatoms. The Balaban J connectivity index is 2.03. The van der Waals surface area contributed by atoms with Gasteiger partial charge in [0.2, 0.25) is 11.8 Å². The third-order valence-electron chi connectivity index (χ3n) is 3.62. The maximum Gasteiger partial charge on any atom is 0.244 e. The van der Waals surface area contributed by atoms with E-state index < -0.39 is 0 Å². The predicted octanol–water partition coefficient (Wildman–Crippen LogP) is 2.06. The van der Waals surface area contributed by atoms with Crippen molar-refractivity contribution in [2.24, 2.45) is 0 Å². The number of fused-ring (bicyclic) bond motifs is 1. The van der Waals surface area contributed by atoms with E-state index in [1.807, 2.05) is 39.8 Å². The number of carbonyl (C=O) groups is 2. The Bertz CT molecular complexity index is 668. The van der Waals surface area contributed by atoms with Crippen molar-refractivity contribution in [1.82, 2.24) is 10.6 Å². The molecule has 0 saturated carbocycles. The standard InChI is InChI=1S/C19H26N2O4/c1-5-24-16-10-15-8-13(4)25-17(15)9-14(16)6-7-18(22)20-11-19(23)21-12(2)3/h6-7,9-10,12-13H,5,8,11H2,1-4H3,(H,20,22)(H,21,23)/b7-6+/t13-/m0/s1. The number of hydrogen-bond donors (Lipinski definition) is 2. The van der Waals surface area contributed by atoms with Gasteiger partial charge in [0.05, 0.1) is 13.2 Å². The Labute approximate surface area is 148 Å². The second-order valence-corrected chi connectivity index (χ2v) is 6.34. The van der Waals surface area contributed by atoms with Gasteiger partial charge in [-0.3, -0.25) is 9.59 Å². The zero-order valence-electron chi connectivity index (χ0n) is 15.2. The molecule has 25 heavy (non-hydrogen) atoms. The van der Waals surface area contributed by atoms with Crippen LogP contribution in [0.3, 0.4) is 0 Å². The first kappa shape index (κ1) is 18.8. The highest BCUT2D eigenvalue weighted by molar-refractivity contribution is 5.94. The van der Waals surface area contributed by atoms with Crippen LogP contribution in [0.2, 0.25) is 0 Å². The third-order valence-corrected chi connectivity index (χ3v) is 3.62. The quantitative estimate of drug-likeness (QED) is 0.741. The first-order chi connectivity index (χ1) is 11.9. The lowest BCUT2D eigenvalue weighted by molar-refractivity contribution is -0.124. The topological polar surface area (TPSA) is 76.7 Å². The van der Waals surface area contributed by atoms with Crippen LogP contribution in [-0.4, -0.2) is 37.1 Å². The molecule has 1 aromatic rings. The lowest BCUT2D eigenvalue weighted by Crippen LogP contribution is -2.39. The van der Waals surface area contributed by atoms with Crippen LogP contribution in [0.15, 0.2) is 18.2 Å². The van der Waals surface area contributed by atoms with Gasteiger partial charge in [-0.15, -0.1) is 0 Å². The molecule has 1 heterocycles. The van der Waals surface area contributed by atoms with Gasteiger partial charge >= 0.3 is 0 Å². The second-order valence-electron chi connectivity index (χ2n) is 6.34. The lowest BCUT2D eigenvalue weighted by atomic mass is 10.1. The lowest BCUT2D eigenvalue weighted by Gasteiger charge is -2.10. The van der Waals surface area contributed by atoms with Crippen LogP contribution < -0.4 is 20.1 Å². The molecule has 2 N–H and O–H groups in total. The number of ether oxygens (including phenoxy) is 2. The first-order valence-electron chi connectivity index (χ1n) is 8.60. The molecule has 0 aromatic heterocycles. The summed E-state index contributed by atoms with van der Waals surface area (Å²) in [6, 6.07) is 3.90. The Morgan fingerprint density at radius 1 is 1.40 bits per heavy atom. The van der Waals surface area contributed by atoms with Gasteiger partial charge in [-0.1, -0.05) is 0 Å². The summed E-state index contributed by atoms with van der Waals surface area (Å²) in [6.45, 7) is 8.16. The monoisotopic (exact) mass is 346 g/mol. The van der Waals surface area contributed by atoms with Gasteiger partial charge in [-0.25, -0.2) is 0 Å². The molecule has 0 saturated heterocycles. The van der Waals surface area contributed by atoms with Crippen molar-refractivity contribution in [2.75, 3.05) is 13.2 Å². The molecule has 1 aromatic carbocycles. The number of benzene rings is 1. The Morgan fingerprint density at radius 3 is 2.84 bits per heavy atom. The van der Waals surface area contributed by atoms with E-state index in [1.165, 1.54) is 6.08 Å². The van der Waals surface area contributed by atoms with E-state index >= 15 is 0 Å². The first-order valence-corrected chi connectivity index (χ1v) is 8.60. The summed E-state index contributed by atoms with van der Waals surface area (Å²) in [5.74, 6) is 0.996. The van der Waals surface area contributed by atoms with Crippen molar-refractivity contribution in [1.29, 1.82) is 0 Å². The highest BCUT2D eigenvalue weighted by Crippen LogP contribution is 2.35. The average Bonchev–Trinajstić information content (AvgIpc) is 2.89. The predicted molar refractivity (Wildman–Crippen MR) is 96.7 cm³/mol. The number of rotatable bonds is 7. The van der Waals surface area contributed by atoms with Crippen LogP contribution in [0, 0.1) is 0 Å². The van der Waals surface area contributed by atoms with Crippen LogP contribution in [0.4, 0.5) is 0 Å². The van der Waals surface area contributed by atoms with Gasteiger partial charge in [-0.05, 0) is 45.9 Å². The summed E-state index contributed by atoms with van der Waals surface area (Å²) in [4.78, 5) is 23.5. The van der Waals surface area contributed by atoms with Crippen LogP contribution in [0.1, 0.15) is 38.8 Å². The molecular formula is C19H26N2O4. The summed E-state index contributed by atoms with van der Waals surface area (Å²) >= 11 is 0. The van der Waals surface area contributed by atoms with Gasteiger partial charge in [0.1, 0.15) is 17.6 Å². The SMILES string of the molecule is CCOc1cc2c(cc1/C=C/C(=O)NCC(=O)NC(C)C)O[C@@H](C)C2. The molecule has 0 aliphatic carbocycles. The van der Waals surface area contributed by atoms with Gasteiger partial charge in [0, 0.05) is 29.7 Å². The number of carbonyl (C=O) groups excluding carboxylic acids is 2. The number of hydrogen-bond acceptors (Lipinski definition) is 4. The molecular weight excluding hydrogens is 320 g/mol. The highest BCUT2D eigenvalue weighted by atomic mass is 16.5. The van der Waals surface area contributed by atoms with E-state index in [0.717, 1.165) is 29.0 Å². The molecule has 0 bridgehead atoms. The fourth-order valence-electron chi connectivity index (χ4n) is 2.63. The molecule has 2 amide bonds. The molecule has 0 fully saturated rings. The Hall–Kier alpha value is -2.50. The zero-order chi connectivity index (χ0) is 18.4. The molecule has 1 aliphatic rings. The van der Waals surface area contributed by atoms with Crippen molar-refractivity contribution < 1.29 is 19.1 Å². The largest absolute Gasteiger partial charge is 0.493 e. The molecule has 2 rings (SSSR count). The molecule has 1 atom stereocenters. The van der Waals surface area contributed by atoms with Gasteiger partial charge in [0.25, 0.3) is 0 Å². The molecule has 0 unspecified atom stereocenters. The maximum atomic E-state index is 11.9. The van der Waals surface area contributed by atoms with Gasteiger partial charge < -0.3 is 20.1 Å². The van der Waals surface area contributed by atoms with Crippen LogP contribution in [0.25, 0.3) is 6.08 Å². The number of nitrogens with one attached hydrogen (secondary N) is 2.